The SMILES string of the molecule is CC1CCCN(Cc2ccccc2CNC(=O)/C=C/c2ccncc2)C1. The van der Waals surface area contributed by atoms with E-state index in [0.717, 1.165) is 24.6 Å². The van der Waals surface area contributed by atoms with E-state index in [4.69, 9.17) is 0 Å². The van der Waals surface area contributed by atoms with E-state index in [0.29, 0.717) is 6.54 Å². The topological polar surface area (TPSA) is 45.2 Å². The number of nitrogens with zero attached hydrogens (tertiary/aromatic N) is 2. The minimum atomic E-state index is -0.0804. The maximum atomic E-state index is 12.1. The second kappa shape index (κ2) is 9.30. The van der Waals surface area contributed by atoms with Gasteiger partial charge in [-0.25, -0.2) is 0 Å². The quantitative estimate of drug-likeness (QED) is 0.810. The van der Waals surface area contributed by atoms with Gasteiger partial charge in [-0.2, -0.15) is 0 Å². The van der Waals surface area contributed by atoms with Crippen LogP contribution < -0.4 is 5.32 Å². The molecular formula is C22H27N3O. The van der Waals surface area contributed by atoms with Gasteiger partial charge in [0, 0.05) is 38.1 Å². The van der Waals surface area contributed by atoms with Gasteiger partial charge in [-0.1, -0.05) is 31.2 Å². The monoisotopic (exact) mass is 349 g/mol. The summed E-state index contributed by atoms with van der Waals surface area (Å²) in [6.07, 6.45) is 9.42. The van der Waals surface area contributed by atoms with Crippen molar-refractivity contribution in [1.29, 1.82) is 0 Å². The molecule has 1 aliphatic heterocycles. The number of piperidine rings is 1. The van der Waals surface area contributed by atoms with Gasteiger partial charge in [-0.05, 0) is 60.2 Å². The van der Waals surface area contributed by atoms with Gasteiger partial charge >= 0.3 is 0 Å². The van der Waals surface area contributed by atoms with E-state index < -0.39 is 0 Å². The Morgan fingerprint density at radius 2 is 2.00 bits per heavy atom. The zero-order valence-corrected chi connectivity index (χ0v) is 15.4. The number of nitrogens with one attached hydrogen (secondary N) is 1. The summed E-state index contributed by atoms with van der Waals surface area (Å²) in [5.41, 5.74) is 3.46. The molecule has 1 atom stereocenters. The predicted molar refractivity (Wildman–Crippen MR) is 105 cm³/mol. The minimum Gasteiger partial charge on any atom is -0.348 e. The molecule has 1 amide bonds. The lowest BCUT2D eigenvalue weighted by molar-refractivity contribution is -0.116. The summed E-state index contributed by atoms with van der Waals surface area (Å²) < 4.78 is 0. The Labute approximate surface area is 155 Å². The van der Waals surface area contributed by atoms with E-state index in [1.807, 2.05) is 18.2 Å². The fraction of sp³-hybridized carbons (Fsp3) is 0.364. The number of benzene rings is 1. The molecule has 1 aliphatic rings. The van der Waals surface area contributed by atoms with E-state index >= 15 is 0 Å². The molecule has 0 bridgehead atoms. The molecule has 3 rings (SSSR count). The van der Waals surface area contributed by atoms with Crippen molar-refractivity contribution in [3.63, 3.8) is 0 Å². The Bertz CT molecular complexity index is 742. The van der Waals surface area contributed by atoms with Crippen molar-refractivity contribution in [2.75, 3.05) is 13.1 Å². The molecule has 1 saturated heterocycles. The van der Waals surface area contributed by atoms with Crippen molar-refractivity contribution >= 4 is 12.0 Å². The third kappa shape index (κ3) is 5.53. The van der Waals surface area contributed by atoms with Crippen LogP contribution in [0.4, 0.5) is 0 Å². The van der Waals surface area contributed by atoms with Crippen LogP contribution in [0.3, 0.4) is 0 Å². The maximum absolute atomic E-state index is 12.1. The molecule has 0 spiro atoms. The Kier molecular flexibility index (Phi) is 6.56. The lowest BCUT2D eigenvalue weighted by Gasteiger charge is -2.31. The highest BCUT2D eigenvalue weighted by Gasteiger charge is 2.17. The Hall–Kier alpha value is -2.46. The van der Waals surface area contributed by atoms with Gasteiger partial charge in [0.15, 0.2) is 0 Å². The molecule has 2 aromatic rings. The lowest BCUT2D eigenvalue weighted by Crippen LogP contribution is -2.34. The van der Waals surface area contributed by atoms with Gasteiger partial charge in [0.05, 0.1) is 0 Å². The molecule has 2 heterocycles. The smallest absolute Gasteiger partial charge is 0.244 e. The summed E-state index contributed by atoms with van der Waals surface area (Å²) in [6, 6.07) is 12.1. The molecule has 4 heteroatoms. The van der Waals surface area contributed by atoms with E-state index in [-0.39, 0.29) is 5.91 Å². The number of hydrogen-bond acceptors (Lipinski definition) is 3. The second-order valence-electron chi connectivity index (χ2n) is 7.08. The van der Waals surface area contributed by atoms with Gasteiger partial charge in [-0.3, -0.25) is 14.7 Å². The van der Waals surface area contributed by atoms with E-state index in [1.165, 1.54) is 30.5 Å². The van der Waals surface area contributed by atoms with Crippen LogP contribution in [0.5, 0.6) is 0 Å². The van der Waals surface area contributed by atoms with E-state index in [2.05, 4.69) is 40.3 Å². The second-order valence-corrected chi connectivity index (χ2v) is 7.08. The van der Waals surface area contributed by atoms with Crippen LogP contribution in [0.2, 0.25) is 0 Å². The first-order valence-corrected chi connectivity index (χ1v) is 9.36. The average molecular weight is 349 g/mol. The predicted octanol–water partition coefficient (Wildman–Crippen LogP) is 3.64. The fourth-order valence-corrected chi connectivity index (χ4v) is 3.44. The molecule has 1 aromatic heterocycles. The fourth-order valence-electron chi connectivity index (χ4n) is 3.44. The van der Waals surface area contributed by atoms with Crippen molar-refractivity contribution in [2.24, 2.45) is 5.92 Å². The molecule has 1 aromatic carbocycles. The van der Waals surface area contributed by atoms with Gasteiger partial charge in [-0.15, -0.1) is 0 Å². The zero-order valence-electron chi connectivity index (χ0n) is 15.4. The van der Waals surface area contributed by atoms with E-state index in [9.17, 15) is 4.79 Å². The highest BCUT2D eigenvalue weighted by atomic mass is 16.1. The number of pyridine rings is 1. The molecule has 0 saturated carbocycles. The first kappa shape index (κ1) is 18.3. The van der Waals surface area contributed by atoms with Crippen LogP contribution in [-0.2, 0) is 17.9 Å². The maximum Gasteiger partial charge on any atom is 0.244 e. The molecule has 1 fully saturated rings. The number of rotatable bonds is 6. The first-order chi connectivity index (χ1) is 12.7. The standard InChI is InChI=1S/C22H27N3O/c1-18-5-4-14-25(16-18)17-21-7-3-2-6-20(21)15-24-22(26)9-8-19-10-12-23-13-11-19/h2-3,6-13,18H,4-5,14-17H2,1H3,(H,24,26)/b9-8+. The van der Waals surface area contributed by atoms with E-state index in [1.54, 1.807) is 24.5 Å². The third-order valence-electron chi connectivity index (χ3n) is 4.84. The van der Waals surface area contributed by atoms with Crippen molar-refractivity contribution in [3.8, 4) is 0 Å². The number of likely N-dealkylation sites (tertiary alicyclic amines) is 1. The van der Waals surface area contributed by atoms with Gasteiger partial charge in [0.1, 0.15) is 0 Å². The summed E-state index contributed by atoms with van der Waals surface area (Å²) in [5.74, 6) is 0.692. The highest BCUT2D eigenvalue weighted by Crippen LogP contribution is 2.19. The van der Waals surface area contributed by atoms with Crippen LogP contribution in [0.1, 0.15) is 36.5 Å². The van der Waals surface area contributed by atoms with Crippen LogP contribution in [-0.4, -0.2) is 28.9 Å². The van der Waals surface area contributed by atoms with Gasteiger partial charge < -0.3 is 5.32 Å². The first-order valence-electron chi connectivity index (χ1n) is 9.36. The highest BCUT2D eigenvalue weighted by molar-refractivity contribution is 5.91. The van der Waals surface area contributed by atoms with Crippen molar-refractivity contribution in [2.45, 2.75) is 32.9 Å². The number of carbonyl (C=O) groups is 1. The molecule has 136 valence electrons. The summed E-state index contributed by atoms with van der Waals surface area (Å²) in [6.45, 7) is 6.17. The number of amides is 1. The Morgan fingerprint density at radius 3 is 2.77 bits per heavy atom. The van der Waals surface area contributed by atoms with Gasteiger partial charge in [0.2, 0.25) is 5.91 Å². The zero-order chi connectivity index (χ0) is 18.2. The van der Waals surface area contributed by atoms with Crippen LogP contribution >= 0.6 is 0 Å². The number of aromatic nitrogens is 1. The normalized spacial score (nSPS) is 18.1. The molecule has 1 unspecified atom stereocenters. The van der Waals surface area contributed by atoms with Crippen LogP contribution in [0, 0.1) is 5.92 Å². The largest absolute Gasteiger partial charge is 0.348 e. The summed E-state index contributed by atoms with van der Waals surface area (Å²) in [4.78, 5) is 18.6. The minimum absolute atomic E-state index is 0.0804. The molecule has 0 radical (unpaired) electrons. The van der Waals surface area contributed by atoms with Crippen molar-refractivity contribution in [3.05, 3.63) is 71.6 Å². The Balaban J connectivity index is 1.56. The molecule has 4 nitrogen and oxygen atoms in total. The molecular weight excluding hydrogens is 322 g/mol. The summed E-state index contributed by atoms with van der Waals surface area (Å²) in [7, 11) is 0. The summed E-state index contributed by atoms with van der Waals surface area (Å²) >= 11 is 0. The lowest BCUT2D eigenvalue weighted by atomic mass is 9.99. The van der Waals surface area contributed by atoms with Gasteiger partial charge in [0.25, 0.3) is 0 Å². The van der Waals surface area contributed by atoms with Crippen LogP contribution in [0.25, 0.3) is 6.08 Å². The van der Waals surface area contributed by atoms with Crippen molar-refractivity contribution < 1.29 is 4.79 Å². The molecule has 26 heavy (non-hydrogen) atoms. The van der Waals surface area contributed by atoms with Crippen molar-refractivity contribution in [1.82, 2.24) is 15.2 Å². The molecule has 0 aliphatic carbocycles. The number of carbonyl (C=O) groups excluding carboxylic acids is 1. The van der Waals surface area contributed by atoms with Crippen LogP contribution in [0.15, 0.2) is 54.9 Å². The molecule has 1 N–H and O–H groups in total. The number of hydrogen-bond donors (Lipinski definition) is 1. The Morgan fingerprint density at radius 1 is 1.23 bits per heavy atom. The summed E-state index contributed by atoms with van der Waals surface area (Å²) in [5, 5.41) is 3.00. The average Bonchev–Trinajstić information content (AvgIpc) is 2.66. The third-order valence-corrected chi connectivity index (χ3v) is 4.84.